The van der Waals surface area contributed by atoms with Crippen LogP contribution < -0.4 is 5.32 Å². The lowest BCUT2D eigenvalue weighted by Crippen LogP contribution is -2.41. The minimum atomic E-state index is -0.00787. The molecule has 0 saturated heterocycles. The second-order valence-electron chi connectivity index (χ2n) is 6.26. The molecule has 5 heteroatoms. The van der Waals surface area contributed by atoms with Crippen molar-refractivity contribution in [1.29, 1.82) is 0 Å². The van der Waals surface area contributed by atoms with Crippen LogP contribution in [0.15, 0.2) is 10.7 Å². The molecule has 2 bridgehead atoms. The lowest BCUT2D eigenvalue weighted by Gasteiger charge is -2.28. The van der Waals surface area contributed by atoms with Gasteiger partial charge in [0.1, 0.15) is 5.69 Å². The molecular formula is C15H22BrN3O. The van der Waals surface area contributed by atoms with Gasteiger partial charge in [0.25, 0.3) is 5.91 Å². The minimum Gasteiger partial charge on any atom is -0.348 e. The van der Waals surface area contributed by atoms with Gasteiger partial charge in [-0.3, -0.25) is 9.48 Å². The maximum atomic E-state index is 12.5. The van der Waals surface area contributed by atoms with E-state index < -0.39 is 0 Å². The van der Waals surface area contributed by atoms with Crippen molar-refractivity contribution in [2.45, 2.75) is 52.1 Å². The Kier molecular flexibility index (Phi) is 3.89. The van der Waals surface area contributed by atoms with Crippen LogP contribution in [0.5, 0.6) is 0 Å². The van der Waals surface area contributed by atoms with Crippen LogP contribution in [-0.4, -0.2) is 21.7 Å². The van der Waals surface area contributed by atoms with Gasteiger partial charge in [0.15, 0.2) is 0 Å². The van der Waals surface area contributed by atoms with E-state index in [1.54, 1.807) is 10.9 Å². The Morgan fingerprint density at radius 1 is 1.55 bits per heavy atom. The van der Waals surface area contributed by atoms with Crippen LogP contribution >= 0.6 is 15.9 Å². The molecule has 2 fully saturated rings. The predicted octanol–water partition coefficient (Wildman–Crippen LogP) is 3.22. The van der Waals surface area contributed by atoms with E-state index in [1.807, 2.05) is 6.92 Å². The van der Waals surface area contributed by atoms with E-state index in [-0.39, 0.29) is 11.9 Å². The van der Waals surface area contributed by atoms with Gasteiger partial charge in [0.05, 0.1) is 10.7 Å². The fourth-order valence-corrected chi connectivity index (χ4v) is 4.59. The van der Waals surface area contributed by atoms with Crippen molar-refractivity contribution in [2.75, 3.05) is 0 Å². The molecule has 3 rings (SSSR count). The first kappa shape index (κ1) is 14.1. The molecule has 4 atom stereocenters. The Balaban J connectivity index is 1.68. The zero-order chi connectivity index (χ0) is 14.3. The van der Waals surface area contributed by atoms with Gasteiger partial charge < -0.3 is 5.32 Å². The molecule has 0 unspecified atom stereocenters. The van der Waals surface area contributed by atoms with Gasteiger partial charge in [-0.25, -0.2) is 0 Å². The van der Waals surface area contributed by atoms with Crippen molar-refractivity contribution < 1.29 is 4.79 Å². The fraction of sp³-hybridized carbons (Fsp3) is 0.733. The zero-order valence-corrected chi connectivity index (χ0v) is 13.7. The van der Waals surface area contributed by atoms with E-state index in [1.165, 1.54) is 25.7 Å². The van der Waals surface area contributed by atoms with Crippen LogP contribution in [0.4, 0.5) is 0 Å². The number of carbonyl (C=O) groups excluding carboxylic acids is 1. The van der Waals surface area contributed by atoms with E-state index in [0.29, 0.717) is 18.2 Å². The first-order chi connectivity index (χ1) is 9.60. The maximum Gasteiger partial charge on any atom is 0.270 e. The Bertz CT molecular complexity index is 513. The van der Waals surface area contributed by atoms with Gasteiger partial charge in [-0.2, -0.15) is 5.10 Å². The molecule has 0 radical (unpaired) electrons. The number of amides is 1. The number of halogens is 1. The van der Waals surface area contributed by atoms with E-state index in [2.05, 4.69) is 33.3 Å². The zero-order valence-electron chi connectivity index (χ0n) is 12.1. The van der Waals surface area contributed by atoms with Gasteiger partial charge in [0, 0.05) is 12.6 Å². The summed E-state index contributed by atoms with van der Waals surface area (Å²) < 4.78 is 2.52. The summed E-state index contributed by atoms with van der Waals surface area (Å²) in [6.07, 6.45) is 7.12. The number of aromatic nitrogens is 2. The van der Waals surface area contributed by atoms with Crippen molar-refractivity contribution in [3.05, 3.63) is 16.4 Å². The second-order valence-corrected chi connectivity index (χ2v) is 7.11. The van der Waals surface area contributed by atoms with Crippen LogP contribution in [0.2, 0.25) is 0 Å². The minimum absolute atomic E-state index is 0.00787. The average molecular weight is 340 g/mol. The second kappa shape index (κ2) is 5.51. The van der Waals surface area contributed by atoms with Gasteiger partial charge >= 0.3 is 0 Å². The topological polar surface area (TPSA) is 46.9 Å². The van der Waals surface area contributed by atoms with Gasteiger partial charge in [-0.15, -0.1) is 0 Å². The fourth-order valence-electron chi connectivity index (χ4n) is 4.12. The third-order valence-corrected chi connectivity index (χ3v) is 5.68. The van der Waals surface area contributed by atoms with Gasteiger partial charge in [-0.1, -0.05) is 6.42 Å². The van der Waals surface area contributed by atoms with Crippen molar-refractivity contribution in [3.63, 3.8) is 0 Å². The normalized spacial score (nSPS) is 29.6. The van der Waals surface area contributed by atoms with Crippen LogP contribution in [0, 0.1) is 17.8 Å². The predicted molar refractivity (Wildman–Crippen MR) is 81.5 cm³/mol. The molecule has 2 aliphatic carbocycles. The molecule has 1 aromatic heterocycles. The van der Waals surface area contributed by atoms with E-state index in [4.69, 9.17) is 0 Å². The molecule has 110 valence electrons. The molecule has 0 aliphatic heterocycles. The summed E-state index contributed by atoms with van der Waals surface area (Å²) in [5.74, 6) is 2.40. The van der Waals surface area contributed by atoms with Crippen molar-refractivity contribution >= 4 is 21.8 Å². The number of fused-ring (bicyclic) bond motifs is 2. The smallest absolute Gasteiger partial charge is 0.270 e. The highest BCUT2D eigenvalue weighted by molar-refractivity contribution is 9.10. The van der Waals surface area contributed by atoms with E-state index in [9.17, 15) is 4.79 Å². The first-order valence-corrected chi connectivity index (χ1v) is 8.41. The number of carbonyl (C=O) groups is 1. The summed E-state index contributed by atoms with van der Waals surface area (Å²) in [7, 11) is 0. The van der Waals surface area contributed by atoms with Crippen LogP contribution in [0.1, 0.15) is 50.0 Å². The lowest BCUT2D eigenvalue weighted by atomic mass is 9.84. The largest absolute Gasteiger partial charge is 0.348 e. The summed E-state index contributed by atoms with van der Waals surface area (Å²) in [5, 5.41) is 7.40. The van der Waals surface area contributed by atoms with Crippen molar-refractivity contribution in [1.82, 2.24) is 15.1 Å². The first-order valence-electron chi connectivity index (χ1n) is 7.62. The maximum absolute atomic E-state index is 12.5. The molecular weight excluding hydrogens is 318 g/mol. The summed E-state index contributed by atoms with van der Waals surface area (Å²) in [4.78, 5) is 12.5. The number of rotatable bonds is 4. The highest BCUT2D eigenvalue weighted by atomic mass is 79.9. The third kappa shape index (κ3) is 2.41. The summed E-state index contributed by atoms with van der Waals surface area (Å²) in [6.45, 7) is 4.86. The molecule has 2 saturated carbocycles. The Hall–Kier alpha value is -0.840. The standard InChI is InChI=1S/C15H22BrN3O/c1-3-19-14(13(16)8-17-19)15(20)18-9(2)12-7-10-4-5-11(12)6-10/h8-12H,3-7H2,1-2H3,(H,18,20)/t9-,10+,11+,12-/m0/s1. The summed E-state index contributed by atoms with van der Waals surface area (Å²) in [6, 6.07) is 0.255. The molecule has 2 aliphatic rings. The Morgan fingerprint density at radius 3 is 2.95 bits per heavy atom. The average Bonchev–Trinajstić information content (AvgIpc) is 3.12. The Morgan fingerprint density at radius 2 is 2.35 bits per heavy atom. The van der Waals surface area contributed by atoms with Crippen LogP contribution in [0.25, 0.3) is 0 Å². The SMILES string of the molecule is CCn1ncc(Br)c1C(=O)N[C@@H](C)[C@@H]1C[C@@H]2CC[C@@H]1C2. The molecule has 1 N–H and O–H groups in total. The number of hydrogen-bond donors (Lipinski definition) is 1. The summed E-state index contributed by atoms with van der Waals surface area (Å²) in [5.41, 5.74) is 0.641. The molecule has 1 amide bonds. The van der Waals surface area contributed by atoms with E-state index in [0.717, 1.165) is 16.3 Å². The molecule has 0 spiro atoms. The van der Waals surface area contributed by atoms with Crippen LogP contribution in [-0.2, 0) is 6.54 Å². The molecule has 0 aromatic carbocycles. The highest BCUT2D eigenvalue weighted by Crippen LogP contribution is 2.49. The van der Waals surface area contributed by atoms with Crippen molar-refractivity contribution in [2.24, 2.45) is 17.8 Å². The Labute approximate surface area is 128 Å². The molecule has 20 heavy (non-hydrogen) atoms. The van der Waals surface area contributed by atoms with Gasteiger partial charge in [0.2, 0.25) is 0 Å². The number of aryl methyl sites for hydroxylation is 1. The quantitative estimate of drug-likeness (QED) is 0.915. The van der Waals surface area contributed by atoms with Crippen LogP contribution in [0.3, 0.4) is 0 Å². The van der Waals surface area contributed by atoms with Crippen molar-refractivity contribution in [3.8, 4) is 0 Å². The lowest BCUT2D eigenvalue weighted by molar-refractivity contribution is 0.0903. The monoisotopic (exact) mass is 339 g/mol. The van der Waals surface area contributed by atoms with E-state index >= 15 is 0 Å². The molecule has 4 nitrogen and oxygen atoms in total. The number of nitrogens with one attached hydrogen (secondary N) is 1. The number of hydrogen-bond acceptors (Lipinski definition) is 2. The third-order valence-electron chi connectivity index (χ3n) is 5.10. The number of nitrogens with zero attached hydrogens (tertiary/aromatic N) is 2. The molecule has 1 heterocycles. The summed E-state index contributed by atoms with van der Waals surface area (Å²) >= 11 is 3.42. The van der Waals surface area contributed by atoms with Gasteiger partial charge in [-0.05, 0) is 66.8 Å². The highest BCUT2D eigenvalue weighted by Gasteiger charge is 2.42. The molecule has 1 aromatic rings.